The molecule has 0 bridgehead atoms. The predicted molar refractivity (Wildman–Crippen MR) is 77.5 cm³/mol. The van der Waals surface area contributed by atoms with Crippen LogP contribution in [0.4, 0.5) is 0 Å². The molecule has 1 aromatic heterocycles. The zero-order chi connectivity index (χ0) is 13.0. The third kappa shape index (κ3) is 3.08. The summed E-state index contributed by atoms with van der Waals surface area (Å²) >= 11 is 0. The molecular formula is C16H22N2. The number of rotatable bonds is 5. The number of nitrogens with zero attached hydrogens (tertiary/aromatic N) is 1. The summed E-state index contributed by atoms with van der Waals surface area (Å²) in [5.74, 6) is 0. The first-order chi connectivity index (χ1) is 8.62. The van der Waals surface area contributed by atoms with Gasteiger partial charge in [-0.2, -0.15) is 0 Å². The van der Waals surface area contributed by atoms with Crippen molar-refractivity contribution in [2.24, 2.45) is 11.1 Å². The van der Waals surface area contributed by atoms with Gasteiger partial charge in [0.1, 0.15) is 0 Å². The second-order valence-electron chi connectivity index (χ2n) is 5.69. The van der Waals surface area contributed by atoms with E-state index in [9.17, 15) is 0 Å². The Bertz CT molecular complexity index is 512. The molecule has 2 N–H and O–H groups in total. The lowest BCUT2D eigenvalue weighted by molar-refractivity contribution is 0.314. The Kier molecular flexibility index (Phi) is 3.97. The van der Waals surface area contributed by atoms with E-state index in [2.05, 4.69) is 43.1 Å². The molecule has 0 saturated carbocycles. The molecule has 0 aliphatic carbocycles. The Morgan fingerprint density at radius 2 is 1.89 bits per heavy atom. The van der Waals surface area contributed by atoms with E-state index in [1.165, 1.54) is 10.9 Å². The predicted octanol–water partition coefficient (Wildman–Crippen LogP) is 3.54. The van der Waals surface area contributed by atoms with Gasteiger partial charge in [0.05, 0.1) is 5.52 Å². The van der Waals surface area contributed by atoms with Gasteiger partial charge in [0.25, 0.3) is 0 Å². The molecule has 2 nitrogen and oxygen atoms in total. The van der Waals surface area contributed by atoms with E-state index < -0.39 is 0 Å². The van der Waals surface area contributed by atoms with Crippen LogP contribution in [0.25, 0.3) is 10.9 Å². The van der Waals surface area contributed by atoms with Crippen molar-refractivity contribution in [1.29, 1.82) is 0 Å². The number of nitrogens with two attached hydrogens (primary N) is 1. The van der Waals surface area contributed by atoms with E-state index in [4.69, 9.17) is 5.73 Å². The number of para-hydroxylation sites is 1. The molecule has 2 rings (SSSR count). The fourth-order valence-corrected chi connectivity index (χ4v) is 2.36. The van der Waals surface area contributed by atoms with Gasteiger partial charge in [-0.15, -0.1) is 0 Å². The molecular weight excluding hydrogens is 220 g/mol. The summed E-state index contributed by atoms with van der Waals surface area (Å²) in [5.41, 5.74) is 8.47. The van der Waals surface area contributed by atoms with Crippen LogP contribution in [0.1, 0.15) is 32.3 Å². The molecule has 0 unspecified atom stereocenters. The molecule has 2 heteroatoms. The second-order valence-corrected chi connectivity index (χ2v) is 5.69. The van der Waals surface area contributed by atoms with Crippen molar-refractivity contribution < 1.29 is 0 Å². The maximum absolute atomic E-state index is 5.66. The fraction of sp³-hybridized carbons (Fsp3) is 0.438. The van der Waals surface area contributed by atoms with Crippen LogP contribution >= 0.6 is 0 Å². The van der Waals surface area contributed by atoms with Crippen LogP contribution in [0.2, 0.25) is 0 Å². The summed E-state index contributed by atoms with van der Waals surface area (Å²) in [6, 6.07) is 10.5. The van der Waals surface area contributed by atoms with Crippen molar-refractivity contribution >= 4 is 10.9 Å². The van der Waals surface area contributed by atoms with Gasteiger partial charge in [-0.25, -0.2) is 0 Å². The first kappa shape index (κ1) is 13.0. The van der Waals surface area contributed by atoms with Crippen LogP contribution in [0.15, 0.2) is 36.5 Å². The van der Waals surface area contributed by atoms with Crippen LogP contribution in [0.5, 0.6) is 0 Å². The molecule has 0 spiro atoms. The number of benzene rings is 1. The normalized spacial score (nSPS) is 11.9. The first-order valence-electron chi connectivity index (χ1n) is 6.65. The smallest absolute Gasteiger partial charge is 0.0704 e. The lowest BCUT2D eigenvalue weighted by Crippen LogP contribution is -2.17. The van der Waals surface area contributed by atoms with E-state index in [-0.39, 0.29) is 0 Å². The highest BCUT2D eigenvalue weighted by Crippen LogP contribution is 2.28. The standard InChI is InChI=1S/C16H22N2/c1-16(2,10-11-17)9-7-13-8-12-18-15-6-4-3-5-14(13)15/h3-6,8,12H,7,9-11,17H2,1-2H3. The number of fused-ring (bicyclic) bond motifs is 1. The zero-order valence-electron chi connectivity index (χ0n) is 11.3. The van der Waals surface area contributed by atoms with Gasteiger partial charge in [0.15, 0.2) is 0 Å². The summed E-state index contributed by atoms with van der Waals surface area (Å²) in [7, 11) is 0. The molecule has 0 saturated heterocycles. The second kappa shape index (κ2) is 5.49. The van der Waals surface area contributed by atoms with Gasteiger partial charge < -0.3 is 5.73 Å². The molecule has 0 amide bonds. The van der Waals surface area contributed by atoms with E-state index in [1.807, 2.05) is 12.3 Å². The van der Waals surface area contributed by atoms with Crippen molar-refractivity contribution in [3.05, 3.63) is 42.1 Å². The van der Waals surface area contributed by atoms with Gasteiger partial charge in [-0.1, -0.05) is 32.0 Å². The molecule has 0 aliphatic heterocycles. The maximum atomic E-state index is 5.66. The average Bonchev–Trinajstić information content (AvgIpc) is 2.36. The number of pyridine rings is 1. The van der Waals surface area contributed by atoms with Crippen molar-refractivity contribution in [3.63, 3.8) is 0 Å². The molecule has 1 aromatic carbocycles. The van der Waals surface area contributed by atoms with Crippen LogP contribution in [0, 0.1) is 5.41 Å². The zero-order valence-corrected chi connectivity index (χ0v) is 11.3. The number of hydrogen-bond acceptors (Lipinski definition) is 2. The topological polar surface area (TPSA) is 38.9 Å². The Balaban J connectivity index is 2.17. The number of aryl methyl sites for hydroxylation is 1. The molecule has 0 atom stereocenters. The Labute approximate surface area is 109 Å². The minimum Gasteiger partial charge on any atom is -0.330 e. The van der Waals surface area contributed by atoms with Crippen LogP contribution < -0.4 is 5.73 Å². The highest BCUT2D eigenvalue weighted by Gasteiger charge is 2.16. The minimum atomic E-state index is 0.319. The number of hydrogen-bond donors (Lipinski definition) is 1. The Hall–Kier alpha value is -1.41. The van der Waals surface area contributed by atoms with Crippen LogP contribution in [-0.4, -0.2) is 11.5 Å². The summed E-state index contributed by atoms with van der Waals surface area (Å²) in [6.07, 6.45) is 5.25. The maximum Gasteiger partial charge on any atom is 0.0704 e. The minimum absolute atomic E-state index is 0.319. The SMILES string of the molecule is CC(C)(CCN)CCc1ccnc2ccccc12. The van der Waals surface area contributed by atoms with E-state index in [0.29, 0.717) is 5.41 Å². The summed E-state index contributed by atoms with van der Waals surface area (Å²) in [5, 5.41) is 1.28. The largest absolute Gasteiger partial charge is 0.330 e. The van der Waals surface area contributed by atoms with Gasteiger partial charge >= 0.3 is 0 Å². The molecule has 0 radical (unpaired) electrons. The van der Waals surface area contributed by atoms with Gasteiger partial charge in [0, 0.05) is 11.6 Å². The summed E-state index contributed by atoms with van der Waals surface area (Å²) in [6.45, 7) is 5.36. The monoisotopic (exact) mass is 242 g/mol. The van der Waals surface area contributed by atoms with Crippen molar-refractivity contribution in [2.45, 2.75) is 33.1 Å². The molecule has 1 heterocycles. The van der Waals surface area contributed by atoms with Crippen molar-refractivity contribution in [3.8, 4) is 0 Å². The van der Waals surface area contributed by atoms with Gasteiger partial charge in [0.2, 0.25) is 0 Å². The molecule has 0 aliphatic rings. The highest BCUT2D eigenvalue weighted by atomic mass is 14.6. The average molecular weight is 242 g/mol. The fourth-order valence-electron chi connectivity index (χ4n) is 2.36. The molecule has 0 fully saturated rings. The Morgan fingerprint density at radius 1 is 1.11 bits per heavy atom. The third-order valence-electron chi connectivity index (χ3n) is 3.63. The quantitative estimate of drug-likeness (QED) is 0.871. The van der Waals surface area contributed by atoms with Gasteiger partial charge in [-0.05, 0) is 48.9 Å². The molecule has 18 heavy (non-hydrogen) atoms. The van der Waals surface area contributed by atoms with Crippen LogP contribution in [-0.2, 0) is 6.42 Å². The number of aromatic nitrogens is 1. The van der Waals surface area contributed by atoms with Crippen molar-refractivity contribution in [1.82, 2.24) is 4.98 Å². The van der Waals surface area contributed by atoms with E-state index in [0.717, 1.165) is 31.3 Å². The van der Waals surface area contributed by atoms with Crippen molar-refractivity contribution in [2.75, 3.05) is 6.54 Å². The van der Waals surface area contributed by atoms with Crippen LogP contribution in [0.3, 0.4) is 0 Å². The molecule has 96 valence electrons. The van der Waals surface area contributed by atoms with Gasteiger partial charge in [-0.3, -0.25) is 4.98 Å². The lowest BCUT2D eigenvalue weighted by Gasteiger charge is -2.24. The summed E-state index contributed by atoms with van der Waals surface area (Å²) in [4.78, 5) is 4.40. The Morgan fingerprint density at radius 3 is 2.67 bits per heavy atom. The first-order valence-corrected chi connectivity index (χ1v) is 6.65. The molecule has 2 aromatic rings. The highest BCUT2D eigenvalue weighted by molar-refractivity contribution is 5.81. The third-order valence-corrected chi connectivity index (χ3v) is 3.63. The van der Waals surface area contributed by atoms with E-state index in [1.54, 1.807) is 0 Å². The van der Waals surface area contributed by atoms with E-state index >= 15 is 0 Å². The summed E-state index contributed by atoms with van der Waals surface area (Å²) < 4.78 is 0. The lowest BCUT2D eigenvalue weighted by atomic mass is 9.83.